The SMILES string of the molecule is CC1=C(C)CCN(C)CC1. The Labute approximate surface area is 63.7 Å². The Balaban J connectivity index is 2.55. The molecule has 10 heavy (non-hydrogen) atoms. The lowest BCUT2D eigenvalue weighted by atomic mass is 10.1. The van der Waals surface area contributed by atoms with Gasteiger partial charge < -0.3 is 4.90 Å². The van der Waals surface area contributed by atoms with Gasteiger partial charge >= 0.3 is 0 Å². The molecule has 58 valence electrons. The second kappa shape index (κ2) is 3.20. The van der Waals surface area contributed by atoms with Gasteiger partial charge in [0.25, 0.3) is 0 Å². The van der Waals surface area contributed by atoms with E-state index >= 15 is 0 Å². The van der Waals surface area contributed by atoms with Gasteiger partial charge in [0.05, 0.1) is 0 Å². The molecule has 0 bridgehead atoms. The summed E-state index contributed by atoms with van der Waals surface area (Å²) in [6.07, 6.45) is 2.53. The van der Waals surface area contributed by atoms with Crippen LogP contribution in [0.4, 0.5) is 0 Å². The Hall–Kier alpha value is -0.300. The van der Waals surface area contributed by atoms with Gasteiger partial charge in [0.2, 0.25) is 0 Å². The van der Waals surface area contributed by atoms with Gasteiger partial charge in [-0.15, -0.1) is 0 Å². The van der Waals surface area contributed by atoms with E-state index in [2.05, 4.69) is 25.8 Å². The molecule has 1 nitrogen and oxygen atoms in total. The maximum Gasteiger partial charge on any atom is 0.00156 e. The van der Waals surface area contributed by atoms with E-state index < -0.39 is 0 Å². The topological polar surface area (TPSA) is 3.24 Å². The quantitative estimate of drug-likeness (QED) is 0.464. The van der Waals surface area contributed by atoms with E-state index in [1.165, 1.54) is 25.9 Å². The summed E-state index contributed by atoms with van der Waals surface area (Å²) in [4.78, 5) is 2.40. The highest BCUT2D eigenvalue weighted by Crippen LogP contribution is 2.15. The van der Waals surface area contributed by atoms with Crippen LogP contribution < -0.4 is 0 Å². The fourth-order valence-electron chi connectivity index (χ4n) is 1.26. The summed E-state index contributed by atoms with van der Waals surface area (Å²) in [6.45, 7) is 7.00. The molecule has 0 radical (unpaired) electrons. The molecule has 0 fully saturated rings. The van der Waals surface area contributed by atoms with Crippen LogP contribution in [0.1, 0.15) is 26.7 Å². The zero-order valence-electron chi connectivity index (χ0n) is 7.28. The van der Waals surface area contributed by atoms with Gasteiger partial charge in [-0.2, -0.15) is 0 Å². The minimum absolute atomic E-state index is 1.24. The van der Waals surface area contributed by atoms with Crippen molar-refractivity contribution in [2.75, 3.05) is 20.1 Å². The fourth-order valence-corrected chi connectivity index (χ4v) is 1.26. The van der Waals surface area contributed by atoms with Crippen molar-refractivity contribution in [1.82, 2.24) is 4.90 Å². The predicted octanol–water partition coefficient (Wildman–Crippen LogP) is 2.05. The Morgan fingerprint density at radius 1 is 1.00 bits per heavy atom. The van der Waals surface area contributed by atoms with Crippen LogP contribution in [0.2, 0.25) is 0 Å². The second-order valence-corrected chi connectivity index (χ2v) is 3.36. The minimum atomic E-state index is 1.24. The van der Waals surface area contributed by atoms with Crippen LogP contribution in [-0.2, 0) is 0 Å². The molecule has 0 amide bonds. The summed E-state index contributed by atoms with van der Waals surface area (Å²) in [5.74, 6) is 0. The molecule has 0 saturated carbocycles. The van der Waals surface area contributed by atoms with Gasteiger partial charge in [0.1, 0.15) is 0 Å². The predicted molar refractivity (Wildman–Crippen MR) is 45.1 cm³/mol. The molecule has 0 N–H and O–H groups in total. The van der Waals surface area contributed by atoms with Gasteiger partial charge in [-0.05, 0) is 33.7 Å². The molecular weight excluding hydrogens is 122 g/mol. The number of nitrogens with zero attached hydrogens (tertiary/aromatic N) is 1. The molecule has 0 saturated heterocycles. The van der Waals surface area contributed by atoms with Crippen molar-refractivity contribution < 1.29 is 0 Å². The van der Waals surface area contributed by atoms with Gasteiger partial charge in [-0.3, -0.25) is 0 Å². The van der Waals surface area contributed by atoms with Crippen molar-refractivity contribution in [3.63, 3.8) is 0 Å². The number of rotatable bonds is 0. The van der Waals surface area contributed by atoms with Crippen molar-refractivity contribution in [3.8, 4) is 0 Å². The third kappa shape index (κ3) is 1.84. The first-order valence-electron chi connectivity index (χ1n) is 4.04. The molecule has 0 atom stereocenters. The number of hydrogen-bond acceptors (Lipinski definition) is 1. The molecule has 1 rings (SSSR count). The van der Waals surface area contributed by atoms with Crippen molar-refractivity contribution in [2.45, 2.75) is 26.7 Å². The molecule has 0 aliphatic carbocycles. The van der Waals surface area contributed by atoms with E-state index in [4.69, 9.17) is 0 Å². The van der Waals surface area contributed by atoms with Crippen molar-refractivity contribution >= 4 is 0 Å². The van der Waals surface area contributed by atoms with Crippen molar-refractivity contribution in [1.29, 1.82) is 0 Å². The lowest BCUT2D eigenvalue weighted by molar-refractivity contribution is 0.351. The molecule has 1 heteroatoms. The second-order valence-electron chi connectivity index (χ2n) is 3.36. The van der Waals surface area contributed by atoms with E-state index in [1.54, 1.807) is 11.1 Å². The maximum atomic E-state index is 2.40. The molecule has 1 aliphatic heterocycles. The first kappa shape index (κ1) is 7.80. The Morgan fingerprint density at radius 3 is 1.80 bits per heavy atom. The van der Waals surface area contributed by atoms with Gasteiger partial charge in [0.15, 0.2) is 0 Å². The lowest BCUT2D eigenvalue weighted by Gasteiger charge is -2.11. The van der Waals surface area contributed by atoms with Crippen molar-refractivity contribution in [3.05, 3.63) is 11.1 Å². The zero-order valence-corrected chi connectivity index (χ0v) is 7.28. The highest BCUT2D eigenvalue weighted by molar-refractivity contribution is 5.11. The molecule has 0 unspecified atom stereocenters. The molecule has 1 aliphatic rings. The fraction of sp³-hybridized carbons (Fsp3) is 0.778. The van der Waals surface area contributed by atoms with E-state index in [9.17, 15) is 0 Å². The molecule has 0 aromatic heterocycles. The van der Waals surface area contributed by atoms with Crippen LogP contribution in [0, 0.1) is 0 Å². The first-order chi connectivity index (χ1) is 4.70. The smallest absolute Gasteiger partial charge is 0.00156 e. The van der Waals surface area contributed by atoms with Gasteiger partial charge in [-0.25, -0.2) is 0 Å². The van der Waals surface area contributed by atoms with Crippen LogP contribution in [0.3, 0.4) is 0 Å². The minimum Gasteiger partial charge on any atom is -0.306 e. The lowest BCUT2D eigenvalue weighted by Crippen LogP contribution is -2.18. The van der Waals surface area contributed by atoms with Crippen LogP contribution in [0.5, 0.6) is 0 Å². The highest BCUT2D eigenvalue weighted by Gasteiger charge is 2.06. The summed E-state index contributed by atoms with van der Waals surface area (Å²) in [6, 6.07) is 0. The van der Waals surface area contributed by atoms with E-state index in [0.717, 1.165) is 0 Å². The largest absolute Gasteiger partial charge is 0.306 e. The van der Waals surface area contributed by atoms with Crippen molar-refractivity contribution in [2.24, 2.45) is 0 Å². The standard InChI is InChI=1S/C9H17N/c1-8-4-6-10(3)7-5-9(8)2/h4-7H2,1-3H3. The van der Waals surface area contributed by atoms with E-state index in [0.29, 0.717) is 0 Å². The summed E-state index contributed by atoms with van der Waals surface area (Å²) in [5, 5.41) is 0. The Kier molecular flexibility index (Phi) is 2.50. The van der Waals surface area contributed by atoms with E-state index in [-0.39, 0.29) is 0 Å². The van der Waals surface area contributed by atoms with E-state index in [1.807, 2.05) is 0 Å². The zero-order chi connectivity index (χ0) is 7.56. The monoisotopic (exact) mass is 139 g/mol. The molecule has 0 spiro atoms. The average Bonchev–Trinajstić information content (AvgIpc) is 2.04. The molecule has 0 aromatic carbocycles. The normalized spacial score (nSPS) is 23.1. The summed E-state index contributed by atoms with van der Waals surface area (Å²) < 4.78 is 0. The van der Waals surface area contributed by atoms with Crippen LogP contribution >= 0.6 is 0 Å². The molecule has 1 heterocycles. The van der Waals surface area contributed by atoms with Crippen LogP contribution in [-0.4, -0.2) is 25.0 Å². The van der Waals surface area contributed by atoms with Gasteiger partial charge in [0, 0.05) is 13.1 Å². The number of hydrogen-bond donors (Lipinski definition) is 0. The third-order valence-corrected chi connectivity index (χ3v) is 2.47. The Bertz CT molecular complexity index is 131. The first-order valence-corrected chi connectivity index (χ1v) is 4.04. The van der Waals surface area contributed by atoms with Crippen LogP contribution in [0.25, 0.3) is 0 Å². The molecule has 0 aromatic rings. The molecular formula is C9H17N. The Morgan fingerprint density at radius 2 is 1.40 bits per heavy atom. The maximum absolute atomic E-state index is 2.40. The average molecular weight is 139 g/mol. The summed E-state index contributed by atoms with van der Waals surface area (Å²) in [5.41, 5.74) is 3.20. The third-order valence-electron chi connectivity index (χ3n) is 2.47. The summed E-state index contributed by atoms with van der Waals surface area (Å²) in [7, 11) is 2.20. The van der Waals surface area contributed by atoms with Gasteiger partial charge in [-0.1, -0.05) is 11.1 Å². The van der Waals surface area contributed by atoms with Crippen LogP contribution in [0.15, 0.2) is 11.1 Å². The summed E-state index contributed by atoms with van der Waals surface area (Å²) >= 11 is 0. The highest BCUT2D eigenvalue weighted by atomic mass is 15.1.